The van der Waals surface area contributed by atoms with Gasteiger partial charge in [0.25, 0.3) is 0 Å². The van der Waals surface area contributed by atoms with Crippen LogP contribution < -0.4 is 14.8 Å². The van der Waals surface area contributed by atoms with E-state index in [1.165, 1.54) is 0 Å². The van der Waals surface area contributed by atoms with E-state index < -0.39 is 0 Å². The number of ether oxygens (including phenoxy) is 2. The molecule has 0 saturated carbocycles. The van der Waals surface area contributed by atoms with E-state index in [1.807, 2.05) is 25.1 Å². The molecule has 1 amide bonds. The number of rotatable bonds is 6. The van der Waals surface area contributed by atoms with E-state index in [-0.39, 0.29) is 11.8 Å². The molecule has 1 aromatic carbocycles. The molecule has 6 heteroatoms. The van der Waals surface area contributed by atoms with Crippen molar-refractivity contribution in [2.24, 2.45) is 0 Å². The number of anilines is 1. The van der Waals surface area contributed by atoms with Crippen molar-refractivity contribution >= 4 is 11.7 Å². The Morgan fingerprint density at radius 1 is 1.44 bits per heavy atom. The van der Waals surface area contributed by atoms with Crippen LogP contribution in [0.5, 0.6) is 11.5 Å². The van der Waals surface area contributed by atoms with Gasteiger partial charge in [0.15, 0.2) is 17.3 Å². The van der Waals surface area contributed by atoms with E-state index in [9.17, 15) is 4.79 Å². The molecule has 3 rings (SSSR count). The molecule has 0 saturated heterocycles. The summed E-state index contributed by atoms with van der Waals surface area (Å²) in [6.07, 6.45) is 1.15. The molecule has 2 N–H and O–H groups in total. The molecule has 2 heterocycles. The summed E-state index contributed by atoms with van der Waals surface area (Å²) in [5, 5.41) is 10.1. The summed E-state index contributed by atoms with van der Waals surface area (Å²) in [5.41, 5.74) is 3.88. The van der Waals surface area contributed by atoms with Crippen LogP contribution in [0.3, 0.4) is 0 Å². The molecule has 1 aromatic heterocycles. The molecule has 0 aliphatic carbocycles. The van der Waals surface area contributed by atoms with Crippen molar-refractivity contribution in [3.05, 3.63) is 47.2 Å². The maximum absolute atomic E-state index is 12.2. The van der Waals surface area contributed by atoms with E-state index in [4.69, 9.17) is 9.47 Å². The molecule has 1 atom stereocenters. The largest absolute Gasteiger partial charge is 0.493 e. The number of carbonyl (C=O) groups is 1. The van der Waals surface area contributed by atoms with Gasteiger partial charge >= 0.3 is 0 Å². The van der Waals surface area contributed by atoms with Crippen LogP contribution >= 0.6 is 0 Å². The summed E-state index contributed by atoms with van der Waals surface area (Å²) in [6.45, 7) is 8.25. The van der Waals surface area contributed by atoms with Crippen molar-refractivity contribution in [3.8, 4) is 11.5 Å². The van der Waals surface area contributed by atoms with Crippen LogP contribution in [0.4, 0.5) is 5.82 Å². The minimum atomic E-state index is -0.132. The van der Waals surface area contributed by atoms with E-state index in [0.717, 1.165) is 28.8 Å². The molecule has 0 spiro atoms. The Morgan fingerprint density at radius 2 is 2.24 bits per heavy atom. The lowest BCUT2D eigenvalue weighted by Crippen LogP contribution is -2.24. The number of fused-ring (bicyclic) bond motifs is 1. The normalized spacial score (nSPS) is 16.1. The van der Waals surface area contributed by atoms with Crippen LogP contribution in [0, 0.1) is 0 Å². The lowest BCUT2D eigenvalue weighted by atomic mass is 9.84. The second-order valence-corrected chi connectivity index (χ2v) is 6.25. The highest BCUT2D eigenvalue weighted by Crippen LogP contribution is 2.44. The average molecular weight is 341 g/mol. The summed E-state index contributed by atoms with van der Waals surface area (Å²) >= 11 is 0. The van der Waals surface area contributed by atoms with Crippen LogP contribution in [0.1, 0.15) is 43.0 Å². The number of nitrogens with one attached hydrogen (secondary N) is 2. The van der Waals surface area contributed by atoms with E-state index in [2.05, 4.69) is 29.0 Å². The zero-order valence-electron chi connectivity index (χ0n) is 14.8. The Kier molecular flexibility index (Phi) is 4.79. The number of benzene rings is 1. The van der Waals surface area contributed by atoms with Crippen LogP contribution in [0.2, 0.25) is 0 Å². The predicted octanol–water partition coefficient (Wildman–Crippen LogP) is 3.41. The highest BCUT2D eigenvalue weighted by molar-refractivity contribution is 5.94. The fraction of sp³-hybridized carbons (Fsp3) is 0.368. The van der Waals surface area contributed by atoms with Crippen molar-refractivity contribution in [2.75, 3.05) is 19.0 Å². The lowest BCUT2D eigenvalue weighted by molar-refractivity contribution is -0.116. The Balaban J connectivity index is 2.11. The number of carbonyl (C=O) groups excluding carboxylic acids is 1. The first kappa shape index (κ1) is 17.1. The van der Waals surface area contributed by atoms with Crippen molar-refractivity contribution < 1.29 is 14.3 Å². The maximum Gasteiger partial charge on any atom is 0.226 e. The Bertz CT molecular complexity index is 810. The van der Waals surface area contributed by atoms with Gasteiger partial charge in [0.2, 0.25) is 5.91 Å². The molecule has 1 aliphatic heterocycles. The predicted molar refractivity (Wildman–Crippen MR) is 96.4 cm³/mol. The number of aryl methyl sites for hydroxylation is 1. The van der Waals surface area contributed by atoms with E-state index >= 15 is 0 Å². The Labute approximate surface area is 147 Å². The molecule has 2 aromatic rings. The number of nitrogens with zero attached hydrogens (tertiary/aromatic N) is 1. The van der Waals surface area contributed by atoms with Gasteiger partial charge in [-0.25, -0.2) is 0 Å². The minimum absolute atomic E-state index is 0.0553. The fourth-order valence-corrected chi connectivity index (χ4v) is 3.18. The highest BCUT2D eigenvalue weighted by Gasteiger charge is 2.33. The number of hydrogen-bond donors (Lipinski definition) is 2. The smallest absolute Gasteiger partial charge is 0.226 e. The zero-order valence-corrected chi connectivity index (χ0v) is 14.8. The van der Waals surface area contributed by atoms with Gasteiger partial charge < -0.3 is 14.8 Å². The second-order valence-electron chi connectivity index (χ2n) is 6.25. The number of aromatic amines is 1. The summed E-state index contributed by atoms with van der Waals surface area (Å²) < 4.78 is 11.5. The van der Waals surface area contributed by atoms with Gasteiger partial charge in [-0.15, -0.1) is 0 Å². The number of methoxy groups -OCH3 is 1. The Morgan fingerprint density at radius 3 is 2.92 bits per heavy atom. The molecule has 0 fully saturated rings. The fourth-order valence-electron chi connectivity index (χ4n) is 3.18. The maximum atomic E-state index is 12.2. The quantitative estimate of drug-likeness (QED) is 0.790. The van der Waals surface area contributed by atoms with Crippen molar-refractivity contribution in [1.82, 2.24) is 10.2 Å². The summed E-state index contributed by atoms with van der Waals surface area (Å²) in [5.74, 6) is 1.72. The van der Waals surface area contributed by atoms with Gasteiger partial charge in [-0.3, -0.25) is 9.89 Å². The highest BCUT2D eigenvalue weighted by atomic mass is 16.5. The van der Waals surface area contributed by atoms with Gasteiger partial charge in [0.1, 0.15) is 6.61 Å². The van der Waals surface area contributed by atoms with Crippen LogP contribution in [-0.2, 0) is 11.2 Å². The SMILES string of the molecule is C=C(C)COc1c(OC)cccc1[C@@H]1CC(=O)Nc2n[nH]c(CC)c21. The van der Waals surface area contributed by atoms with Crippen LogP contribution in [0.15, 0.2) is 30.4 Å². The number of aromatic nitrogens is 2. The third kappa shape index (κ3) is 3.24. The molecule has 0 radical (unpaired) electrons. The number of hydrogen-bond acceptors (Lipinski definition) is 4. The van der Waals surface area contributed by atoms with Gasteiger partial charge in [-0.2, -0.15) is 5.10 Å². The van der Waals surface area contributed by atoms with Gasteiger partial charge in [0, 0.05) is 29.2 Å². The first-order chi connectivity index (χ1) is 12.0. The topological polar surface area (TPSA) is 76.2 Å². The second kappa shape index (κ2) is 7.01. The lowest BCUT2D eigenvalue weighted by Gasteiger charge is -2.26. The molecule has 25 heavy (non-hydrogen) atoms. The third-order valence-electron chi connectivity index (χ3n) is 4.30. The van der Waals surface area contributed by atoms with Gasteiger partial charge in [0.05, 0.1) is 7.11 Å². The van der Waals surface area contributed by atoms with Crippen molar-refractivity contribution in [3.63, 3.8) is 0 Å². The number of para-hydroxylation sites is 1. The number of H-pyrrole nitrogens is 1. The number of amides is 1. The molecular formula is C19H23N3O3. The van der Waals surface area contributed by atoms with E-state index in [1.54, 1.807) is 7.11 Å². The first-order valence-corrected chi connectivity index (χ1v) is 8.36. The molecule has 6 nitrogen and oxygen atoms in total. The van der Waals surface area contributed by atoms with E-state index in [0.29, 0.717) is 30.3 Å². The summed E-state index contributed by atoms with van der Waals surface area (Å²) in [7, 11) is 1.61. The molecule has 1 aliphatic rings. The van der Waals surface area contributed by atoms with Gasteiger partial charge in [-0.05, 0) is 25.0 Å². The molecular weight excluding hydrogens is 318 g/mol. The monoisotopic (exact) mass is 341 g/mol. The molecule has 0 unspecified atom stereocenters. The summed E-state index contributed by atoms with van der Waals surface area (Å²) in [6, 6.07) is 5.76. The standard InChI is InChI=1S/C19H23N3O3/c1-5-14-17-13(9-16(23)20-19(17)22-21-14)12-7-6-8-15(24-4)18(12)25-10-11(2)3/h6-8,13H,2,5,9-10H2,1,3-4H3,(H2,20,21,22,23)/t13-/m0/s1. The molecule has 0 bridgehead atoms. The average Bonchev–Trinajstić information content (AvgIpc) is 3.01. The zero-order chi connectivity index (χ0) is 18.0. The van der Waals surface area contributed by atoms with Crippen molar-refractivity contribution in [1.29, 1.82) is 0 Å². The van der Waals surface area contributed by atoms with Crippen LogP contribution in [-0.4, -0.2) is 29.8 Å². The van der Waals surface area contributed by atoms with Crippen LogP contribution in [0.25, 0.3) is 0 Å². The Hall–Kier alpha value is -2.76. The molecule has 132 valence electrons. The minimum Gasteiger partial charge on any atom is -0.493 e. The third-order valence-corrected chi connectivity index (χ3v) is 4.30. The van der Waals surface area contributed by atoms with Gasteiger partial charge in [-0.1, -0.05) is 25.6 Å². The van der Waals surface area contributed by atoms with Crippen molar-refractivity contribution in [2.45, 2.75) is 32.6 Å². The summed E-state index contributed by atoms with van der Waals surface area (Å²) in [4.78, 5) is 12.2. The first-order valence-electron chi connectivity index (χ1n) is 8.36.